The average molecular weight is 395 g/mol. The van der Waals surface area contributed by atoms with Crippen LogP contribution >= 0.6 is 15.9 Å². The molecule has 3 rings (SSSR count). The zero-order valence-corrected chi connectivity index (χ0v) is 14.5. The highest BCUT2D eigenvalue weighted by molar-refractivity contribution is 9.10. The number of nitrogens with zero attached hydrogens (tertiary/aromatic N) is 2. The van der Waals surface area contributed by atoms with Gasteiger partial charge in [-0.05, 0) is 35.9 Å². The molecule has 8 heteroatoms. The van der Waals surface area contributed by atoms with E-state index in [1.165, 1.54) is 12.1 Å². The third kappa shape index (κ3) is 3.54. The van der Waals surface area contributed by atoms with E-state index in [-0.39, 0.29) is 4.90 Å². The van der Waals surface area contributed by atoms with Gasteiger partial charge in [0, 0.05) is 16.6 Å². The lowest BCUT2D eigenvalue weighted by Crippen LogP contribution is -2.30. The van der Waals surface area contributed by atoms with Crippen LogP contribution in [0.2, 0.25) is 0 Å². The number of rotatable bonds is 4. The summed E-state index contributed by atoms with van der Waals surface area (Å²) >= 11 is 3.54. The van der Waals surface area contributed by atoms with E-state index in [4.69, 9.17) is 5.14 Å². The van der Waals surface area contributed by atoms with Crippen molar-refractivity contribution < 1.29 is 8.42 Å². The molecule has 6 nitrogen and oxygen atoms in total. The number of amidine groups is 1. The molecule has 0 bridgehead atoms. The molecule has 0 radical (unpaired) electrons. The lowest BCUT2D eigenvalue weighted by molar-refractivity contribution is 0.598. The van der Waals surface area contributed by atoms with Crippen LogP contribution in [0.25, 0.3) is 0 Å². The van der Waals surface area contributed by atoms with Crippen LogP contribution in [0, 0.1) is 0 Å². The molecule has 0 spiro atoms. The Morgan fingerprint density at radius 1 is 1.17 bits per heavy atom. The molecule has 0 aliphatic carbocycles. The van der Waals surface area contributed by atoms with Gasteiger partial charge in [-0.1, -0.05) is 34.1 Å². The van der Waals surface area contributed by atoms with Gasteiger partial charge in [-0.15, -0.1) is 0 Å². The zero-order valence-electron chi connectivity index (χ0n) is 12.1. The number of hydrogen-bond donors (Lipinski definition) is 2. The number of primary sulfonamides is 1. The number of nitrogens with one attached hydrogen (secondary N) is 1. The van der Waals surface area contributed by atoms with Crippen LogP contribution in [0.15, 0.2) is 63.0 Å². The fourth-order valence-corrected chi connectivity index (χ4v) is 3.29. The largest absolute Gasteiger partial charge is 0.309 e. The van der Waals surface area contributed by atoms with Crippen LogP contribution < -0.4 is 15.5 Å². The van der Waals surface area contributed by atoms with Crippen LogP contribution in [0.4, 0.5) is 5.69 Å². The first-order chi connectivity index (χ1) is 10.9. The van der Waals surface area contributed by atoms with Crippen molar-refractivity contribution in [1.29, 1.82) is 0 Å². The summed E-state index contributed by atoms with van der Waals surface area (Å²) < 4.78 is 23.7. The second kappa shape index (κ2) is 6.31. The number of halogens is 1. The summed E-state index contributed by atoms with van der Waals surface area (Å²) in [5, 5.41) is 9.45. The number of hydrazone groups is 1. The fourth-order valence-electron chi connectivity index (χ4n) is 2.35. The van der Waals surface area contributed by atoms with Gasteiger partial charge in [-0.25, -0.2) is 13.6 Å². The van der Waals surface area contributed by atoms with E-state index in [0.717, 1.165) is 21.6 Å². The maximum Gasteiger partial charge on any atom is 0.238 e. The Morgan fingerprint density at radius 2 is 1.87 bits per heavy atom. The van der Waals surface area contributed by atoms with Gasteiger partial charge in [-0.2, -0.15) is 5.10 Å². The van der Waals surface area contributed by atoms with E-state index in [1.54, 1.807) is 12.1 Å². The molecular weight excluding hydrogens is 380 g/mol. The van der Waals surface area contributed by atoms with E-state index < -0.39 is 10.0 Å². The molecule has 2 aromatic carbocycles. The molecule has 2 aromatic rings. The van der Waals surface area contributed by atoms with Crippen molar-refractivity contribution in [2.75, 3.05) is 11.6 Å². The lowest BCUT2D eigenvalue weighted by Gasteiger charge is -2.20. The standard InChI is InChI=1S/C15H15BrN4O2S/c16-14-4-2-1-3-11(14)9-15-19-18-10-20(15)12-5-7-13(8-6-12)23(17,21)22/h1-8,18H,9-10H2,(H2,17,21,22). The van der Waals surface area contributed by atoms with Crippen molar-refractivity contribution >= 4 is 37.5 Å². The van der Waals surface area contributed by atoms with Gasteiger partial charge < -0.3 is 4.90 Å². The molecule has 120 valence electrons. The Kier molecular flexibility index (Phi) is 4.38. The summed E-state index contributed by atoms with van der Waals surface area (Å²) in [5.41, 5.74) is 4.94. The van der Waals surface area contributed by atoms with E-state index in [0.29, 0.717) is 13.1 Å². The highest BCUT2D eigenvalue weighted by atomic mass is 79.9. The molecule has 1 aliphatic rings. The summed E-state index contributed by atoms with van der Waals surface area (Å²) in [6.07, 6.45) is 0.658. The zero-order chi connectivity index (χ0) is 16.4. The van der Waals surface area contributed by atoms with Crippen LogP contribution in [0.3, 0.4) is 0 Å². The van der Waals surface area contributed by atoms with Gasteiger partial charge in [0.1, 0.15) is 12.5 Å². The maximum atomic E-state index is 11.3. The highest BCUT2D eigenvalue weighted by Gasteiger charge is 2.20. The smallest absolute Gasteiger partial charge is 0.238 e. The van der Waals surface area contributed by atoms with Gasteiger partial charge in [0.25, 0.3) is 0 Å². The molecule has 23 heavy (non-hydrogen) atoms. The summed E-state index contributed by atoms with van der Waals surface area (Å²) in [6, 6.07) is 14.4. The minimum atomic E-state index is -3.68. The number of anilines is 1. The first-order valence-electron chi connectivity index (χ1n) is 6.88. The van der Waals surface area contributed by atoms with Crippen molar-refractivity contribution in [3.05, 3.63) is 58.6 Å². The van der Waals surface area contributed by atoms with Crippen LogP contribution in [0.5, 0.6) is 0 Å². The topological polar surface area (TPSA) is 87.8 Å². The Hall–Kier alpha value is -1.90. The van der Waals surface area contributed by atoms with Crippen LogP contribution in [-0.2, 0) is 16.4 Å². The van der Waals surface area contributed by atoms with Crippen molar-refractivity contribution in [3.63, 3.8) is 0 Å². The molecule has 3 N–H and O–H groups in total. The maximum absolute atomic E-state index is 11.3. The lowest BCUT2D eigenvalue weighted by atomic mass is 10.1. The first kappa shape index (κ1) is 16.0. The van der Waals surface area contributed by atoms with Gasteiger partial charge in [0.05, 0.1) is 4.90 Å². The Labute approximate surface area is 143 Å². The van der Waals surface area contributed by atoms with Crippen molar-refractivity contribution in [2.24, 2.45) is 10.2 Å². The third-order valence-electron chi connectivity index (χ3n) is 3.53. The van der Waals surface area contributed by atoms with Gasteiger partial charge in [0.2, 0.25) is 10.0 Å². The summed E-state index contributed by atoms with van der Waals surface area (Å²) in [4.78, 5) is 2.09. The second-order valence-corrected chi connectivity index (χ2v) is 7.50. The molecule has 1 aliphatic heterocycles. The average Bonchev–Trinajstić information content (AvgIpc) is 2.97. The minimum Gasteiger partial charge on any atom is -0.309 e. The molecular formula is C15H15BrN4O2S. The first-order valence-corrected chi connectivity index (χ1v) is 9.22. The molecule has 0 saturated carbocycles. The van der Waals surface area contributed by atoms with E-state index in [1.807, 2.05) is 29.2 Å². The fraction of sp³-hybridized carbons (Fsp3) is 0.133. The number of hydrogen-bond acceptors (Lipinski definition) is 5. The van der Waals surface area contributed by atoms with Gasteiger partial charge in [-0.3, -0.25) is 5.43 Å². The third-order valence-corrected chi connectivity index (χ3v) is 5.23. The summed E-state index contributed by atoms with van der Waals surface area (Å²) in [7, 11) is -3.68. The van der Waals surface area contributed by atoms with Crippen molar-refractivity contribution in [1.82, 2.24) is 5.43 Å². The van der Waals surface area contributed by atoms with Crippen LogP contribution in [-0.4, -0.2) is 20.9 Å². The minimum absolute atomic E-state index is 0.0951. The Morgan fingerprint density at radius 3 is 2.52 bits per heavy atom. The quantitative estimate of drug-likeness (QED) is 0.829. The molecule has 0 fully saturated rings. The predicted octanol–water partition coefficient (Wildman–Crippen LogP) is 2.02. The second-order valence-electron chi connectivity index (χ2n) is 5.08. The van der Waals surface area contributed by atoms with E-state index in [2.05, 4.69) is 26.5 Å². The number of sulfonamides is 1. The molecule has 1 heterocycles. The predicted molar refractivity (Wildman–Crippen MR) is 93.6 cm³/mol. The van der Waals surface area contributed by atoms with E-state index >= 15 is 0 Å². The van der Waals surface area contributed by atoms with Gasteiger partial charge >= 0.3 is 0 Å². The van der Waals surface area contributed by atoms with E-state index in [9.17, 15) is 8.42 Å². The SMILES string of the molecule is NS(=O)(=O)c1ccc(N2CNN=C2Cc2ccccc2Br)cc1. The molecule has 0 atom stereocenters. The molecule has 0 aromatic heterocycles. The summed E-state index contributed by atoms with van der Waals surface area (Å²) in [6.45, 7) is 0.536. The Bertz CT molecular complexity index is 850. The molecule has 0 amide bonds. The Balaban J connectivity index is 1.83. The van der Waals surface area contributed by atoms with Crippen molar-refractivity contribution in [3.8, 4) is 0 Å². The number of benzene rings is 2. The molecule has 0 unspecified atom stereocenters. The van der Waals surface area contributed by atoms with Crippen molar-refractivity contribution in [2.45, 2.75) is 11.3 Å². The van der Waals surface area contributed by atoms with Gasteiger partial charge in [0.15, 0.2) is 0 Å². The highest BCUT2D eigenvalue weighted by Crippen LogP contribution is 2.22. The molecule has 0 saturated heterocycles. The number of nitrogens with two attached hydrogens (primary N) is 1. The monoisotopic (exact) mass is 394 g/mol. The summed E-state index contributed by atoms with van der Waals surface area (Å²) in [5.74, 6) is 0.861. The van der Waals surface area contributed by atoms with Crippen LogP contribution in [0.1, 0.15) is 5.56 Å². The normalized spacial score (nSPS) is 14.5.